The summed E-state index contributed by atoms with van der Waals surface area (Å²) in [7, 11) is 0. The van der Waals surface area contributed by atoms with Crippen LogP contribution >= 0.6 is 11.6 Å². The van der Waals surface area contributed by atoms with Crippen LogP contribution in [0.5, 0.6) is 11.5 Å². The third-order valence-electron chi connectivity index (χ3n) is 4.34. The van der Waals surface area contributed by atoms with Gasteiger partial charge in [-0.2, -0.15) is 0 Å². The second-order valence-corrected chi connectivity index (χ2v) is 6.72. The number of Topliss-reactive ketones (excluding diaryl/α,β-unsaturated/α-hetero) is 1. The molecule has 1 heterocycles. The van der Waals surface area contributed by atoms with Crippen molar-refractivity contribution in [1.82, 2.24) is 0 Å². The number of nitro benzene ring substituents is 1. The summed E-state index contributed by atoms with van der Waals surface area (Å²) in [6.07, 6.45) is 1.54. The van der Waals surface area contributed by atoms with Gasteiger partial charge in [0.25, 0.3) is 5.69 Å². The molecule has 3 aromatic rings. The van der Waals surface area contributed by atoms with Crippen molar-refractivity contribution in [3.63, 3.8) is 0 Å². The molecule has 3 aromatic carbocycles. The number of benzene rings is 3. The molecule has 1 aliphatic heterocycles. The van der Waals surface area contributed by atoms with Gasteiger partial charge in [0.2, 0.25) is 5.78 Å². The summed E-state index contributed by atoms with van der Waals surface area (Å²) in [5.74, 6) is -0.615. The Morgan fingerprint density at radius 2 is 1.87 bits per heavy atom. The molecule has 0 unspecified atom stereocenters. The summed E-state index contributed by atoms with van der Waals surface area (Å²) in [5, 5.41) is 11.3. The van der Waals surface area contributed by atoms with Gasteiger partial charge in [0.15, 0.2) is 5.76 Å². The average Bonchev–Trinajstić information content (AvgIpc) is 3.04. The number of non-ortho nitro benzene ring substituents is 1. The summed E-state index contributed by atoms with van der Waals surface area (Å²) >= 11 is 6.12. The molecule has 7 nitrogen and oxygen atoms in total. The topological polar surface area (TPSA) is 95.7 Å². The maximum Gasteiger partial charge on any atom is 0.343 e. The van der Waals surface area contributed by atoms with Crippen molar-refractivity contribution < 1.29 is 24.0 Å². The third kappa shape index (κ3) is 3.78. The molecule has 0 saturated carbocycles. The number of nitro groups is 1. The van der Waals surface area contributed by atoms with Crippen molar-refractivity contribution in [2.75, 3.05) is 0 Å². The van der Waals surface area contributed by atoms with E-state index in [4.69, 9.17) is 21.1 Å². The Bertz CT molecular complexity index is 1230. The zero-order chi connectivity index (χ0) is 21.3. The van der Waals surface area contributed by atoms with E-state index in [1.54, 1.807) is 30.3 Å². The highest BCUT2D eigenvalue weighted by molar-refractivity contribution is 6.32. The molecular weight excluding hydrogens is 410 g/mol. The first-order chi connectivity index (χ1) is 14.4. The molecule has 0 bridgehead atoms. The molecule has 0 fully saturated rings. The van der Waals surface area contributed by atoms with Crippen LogP contribution in [0, 0.1) is 10.1 Å². The lowest BCUT2D eigenvalue weighted by atomic mass is 10.1. The first-order valence-electron chi connectivity index (χ1n) is 8.72. The van der Waals surface area contributed by atoms with E-state index < -0.39 is 10.9 Å². The minimum absolute atomic E-state index is 0.0287. The zero-order valence-electron chi connectivity index (χ0n) is 15.2. The molecular formula is C22H12ClNO6. The van der Waals surface area contributed by atoms with Crippen molar-refractivity contribution in [2.24, 2.45) is 0 Å². The summed E-state index contributed by atoms with van der Waals surface area (Å²) in [4.78, 5) is 35.1. The summed E-state index contributed by atoms with van der Waals surface area (Å²) < 4.78 is 10.9. The third-order valence-corrected chi connectivity index (χ3v) is 4.68. The number of fused-ring (bicyclic) bond motifs is 1. The van der Waals surface area contributed by atoms with Crippen LogP contribution in [0.25, 0.3) is 6.08 Å². The number of hydrogen-bond acceptors (Lipinski definition) is 6. The van der Waals surface area contributed by atoms with Crippen LogP contribution in [-0.4, -0.2) is 16.7 Å². The predicted molar refractivity (Wildman–Crippen MR) is 109 cm³/mol. The Balaban J connectivity index is 1.56. The molecule has 0 N–H and O–H groups in total. The molecule has 0 saturated heterocycles. The smallest absolute Gasteiger partial charge is 0.343 e. The first-order valence-corrected chi connectivity index (χ1v) is 9.09. The Labute approximate surface area is 175 Å². The fraction of sp³-hybridized carbons (Fsp3) is 0. The molecule has 0 spiro atoms. The minimum atomic E-state index is -0.769. The van der Waals surface area contributed by atoms with Crippen LogP contribution in [0.1, 0.15) is 26.3 Å². The standard InChI is InChI=1S/C22H12ClNO6/c23-18-7-2-1-4-13(18)11-20-21(25)17-9-8-16(12-19(17)30-20)29-22(26)14-5-3-6-15(10-14)24(27)28/h1-12H/b20-11-. The number of halogens is 1. The largest absolute Gasteiger partial charge is 0.452 e. The van der Waals surface area contributed by atoms with Crippen LogP contribution in [0.15, 0.2) is 72.5 Å². The number of esters is 1. The number of ketones is 1. The number of carbonyl (C=O) groups excluding carboxylic acids is 2. The maximum absolute atomic E-state index is 12.6. The van der Waals surface area contributed by atoms with Crippen LogP contribution in [-0.2, 0) is 0 Å². The van der Waals surface area contributed by atoms with Gasteiger partial charge in [-0.05, 0) is 35.9 Å². The van der Waals surface area contributed by atoms with E-state index in [-0.39, 0.29) is 34.3 Å². The van der Waals surface area contributed by atoms with Crippen molar-refractivity contribution >= 4 is 35.1 Å². The van der Waals surface area contributed by atoms with E-state index in [0.29, 0.717) is 16.1 Å². The Hall–Kier alpha value is -3.97. The summed E-state index contributed by atoms with van der Waals surface area (Å²) in [6, 6.07) is 16.6. The van der Waals surface area contributed by atoms with Gasteiger partial charge in [0, 0.05) is 23.2 Å². The lowest BCUT2D eigenvalue weighted by Crippen LogP contribution is -2.08. The van der Waals surface area contributed by atoms with Crippen LogP contribution in [0.4, 0.5) is 5.69 Å². The quantitative estimate of drug-likeness (QED) is 0.191. The molecule has 4 rings (SSSR count). The first kappa shape index (κ1) is 19.4. The monoisotopic (exact) mass is 421 g/mol. The fourth-order valence-corrected chi connectivity index (χ4v) is 3.07. The molecule has 1 aliphatic rings. The average molecular weight is 422 g/mol. The Morgan fingerprint density at radius 3 is 2.63 bits per heavy atom. The van der Waals surface area contributed by atoms with Gasteiger partial charge < -0.3 is 9.47 Å². The zero-order valence-corrected chi connectivity index (χ0v) is 16.0. The van der Waals surface area contributed by atoms with Crippen molar-refractivity contribution in [3.05, 3.63) is 104 Å². The number of carbonyl (C=O) groups is 2. The van der Waals surface area contributed by atoms with Crippen LogP contribution < -0.4 is 9.47 Å². The van der Waals surface area contributed by atoms with E-state index in [0.717, 1.165) is 6.07 Å². The number of nitrogens with zero attached hydrogens (tertiary/aromatic N) is 1. The lowest BCUT2D eigenvalue weighted by molar-refractivity contribution is -0.384. The lowest BCUT2D eigenvalue weighted by Gasteiger charge is -2.05. The van der Waals surface area contributed by atoms with Gasteiger partial charge in [-0.1, -0.05) is 35.9 Å². The second kappa shape index (κ2) is 7.81. The van der Waals surface area contributed by atoms with Crippen molar-refractivity contribution in [2.45, 2.75) is 0 Å². The summed E-state index contributed by atoms with van der Waals surface area (Å²) in [5.41, 5.74) is 0.763. The van der Waals surface area contributed by atoms with E-state index in [2.05, 4.69) is 0 Å². The number of allylic oxidation sites excluding steroid dienone is 1. The van der Waals surface area contributed by atoms with Gasteiger partial charge >= 0.3 is 5.97 Å². The van der Waals surface area contributed by atoms with Gasteiger partial charge in [-0.3, -0.25) is 14.9 Å². The van der Waals surface area contributed by atoms with Gasteiger partial charge in [0.1, 0.15) is 11.5 Å². The second-order valence-electron chi connectivity index (χ2n) is 6.32. The molecule has 148 valence electrons. The van der Waals surface area contributed by atoms with Crippen LogP contribution in [0.3, 0.4) is 0 Å². The van der Waals surface area contributed by atoms with E-state index in [9.17, 15) is 19.7 Å². The highest BCUT2D eigenvalue weighted by Gasteiger charge is 2.28. The fourth-order valence-electron chi connectivity index (χ4n) is 2.88. The van der Waals surface area contributed by atoms with E-state index >= 15 is 0 Å². The normalized spacial score (nSPS) is 13.6. The molecule has 8 heteroatoms. The van der Waals surface area contributed by atoms with Crippen LogP contribution in [0.2, 0.25) is 5.02 Å². The predicted octanol–water partition coefficient (Wildman–Crippen LogP) is 5.08. The Morgan fingerprint density at radius 1 is 1.07 bits per heavy atom. The highest BCUT2D eigenvalue weighted by atomic mass is 35.5. The molecule has 0 aliphatic carbocycles. The number of hydrogen-bond donors (Lipinski definition) is 0. The van der Waals surface area contributed by atoms with Crippen molar-refractivity contribution in [1.29, 1.82) is 0 Å². The van der Waals surface area contributed by atoms with Crippen molar-refractivity contribution in [3.8, 4) is 11.5 Å². The highest BCUT2D eigenvalue weighted by Crippen LogP contribution is 2.35. The molecule has 0 radical (unpaired) electrons. The van der Waals surface area contributed by atoms with Gasteiger partial charge in [0.05, 0.1) is 16.1 Å². The molecule has 0 amide bonds. The Kier molecular flexibility index (Phi) is 5.04. The number of rotatable bonds is 4. The van der Waals surface area contributed by atoms with E-state index in [1.165, 1.54) is 36.4 Å². The van der Waals surface area contributed by atoms with Gasteiger partial charge in [-0.25, -0.2) is 4.79 Å². The van der Waals surface area contributed by atoms with E-state index in [1.807, 2.05) is 0 Å². The minimum Gasteiger partial charge on any atom is -0.452 e. The van der Waals surface area contributed by atoms with Gasteiger partial charge in [-0.15, -0.1) is 0 Å². The number of ether oxygens (including phenoxy) is 2. The molecule has 0 atom stereocenters. The summed E-state index contributed by atoms with van der Waals surface area (Å²) in [6.45, 7) is 0. The maximum atomic E-state index is 12.6. The molecule has 0 aromatic heterocycles. The molecule has 30 heavy (non-hydrogen) atoms. The SMILES string of the molecule is O=C(Oc1ccc2c(c1)O/C(=C\c1ccccc1Cl)C2=O)c1cccc([N+](=O)[O-])c1.